The van der Waals surface area contributed by atoms with Crippen molar-refractivity contribution in [2.75, 3.05) is 39.3 Å². The minimum Gasteiger partial charge on any atom is -0.565 e. The van der Waals surface area contributed by atoms with E-state index in [1.54, 1.807) is 35.2 Å². The van der Waals surface area contributed by atoms with Gasteiger partial charge in [0, 0.05) is 31.2 Å². The molecule has 145 heavy (non-hydrogen) atoms. The summed E-state index contributed by atoms with van der Waals surface area (Å²) in [6.45, 7) is 5.49. The first kappa shape index (κ1) is 124. The number of fused-ring (bicyclic) bond motifs is 1. The van der Waals surface area contributed by atoms with Crippen LogP contribution in [0.3, 0.4) is 0 Å². The molecule has 11 aromatic rings. The van der Waals surface area contributed by atoms with Crippen molar-refractivity contribution in [2.45, 2.75) is 182 Å². The molecule has 0 bridgehead atoms. The molecule has 0 aliphatic carbocycles. The maximum atomic E-state index is 14.0. The summed E-state index contributed by atoms with van der Waals surface area (Å²) in [6, 6.07) is 92.7. The first-order valence-electron chi connectivity index (χ1n) is 46.1. The number of aliphatic hydroxyl groups is 1. The smallest absolute Gasteiger partial charge is 0.521 e. The molecule has 784 valence electrons. The number of Topliss-reactive ketones (excluding diaryl/α,β-unsaturated/α-hetero) is 1. The van der Waals surface area contributed by atoms with Crippen molar-refractivity contribution in [1.82, 2.24) is 15.3 Å². The van der Waals surface area contributed by atoms with Crippen LogP contribution in [-0.4, -0.2) is 129 Å². The molecule has 1 aliphatic heterocycles. The fourth-order valence-corrected chi connectivity index (χ4v) is 22.5. The number of ketones is 1. The summed E-state index contributed by atoms with van der Waals surface area (Å²) in [6.07, 6.45) is 10.4. The van der Waals surface area contributed by atoms with Gasteiger partial charge in [-0.25, -0.2) is 25.0 Å². The fourth-order valence-electron chi connectivity index (χ4n) is 14.2. The molecule has 2 amide bonds. The number of benzene rings is 11. The first-order chi connectivity index (χ1) is 69.0. The Labute approximate surface area is 851 Å². The van der Waals surface area contributed by atoms with Gasteiger partial charge in [0.2, 0.25) is 11.8 Å². The van der Waals surface area contributed by atoms with Crippen LogP contribution in [0.15, 0.2) is 302 Å². The number of hydrogen-bond donors (Lipinski definition) is 7. The monoisotopic (exact) mass is 2160 g/mol. The zero-order valence-corrected chi connectivity index (χ0v) is 85.5. The first-order valence-corrected chi connectivity index (χ1v) is 54.4. The summed E-state index contributed by atoms with van der Waals surface area (Å²) in [5.41, 5.74) is 18.7. The van der Waals surface area contributed by atoms with Gasteiger partial charge >= 0.3 is 138 Å². The zero-order chi connectivity index (χ0) is 106. The number of carbonyl (C=O) groups excluding carboxylic acids is 9. The summed E-state index contributed by atoms with van der Waals surface area (Å²) >= 11 is -9.94. The summed E-state index contributed by atoms with van der Waals surface area (Å²) in [5.74, 6) is -3.35. The molecule has 0 aromatic heterocycles. The number of esters is 3. The van der Waals surface area contributed by atoms with Crippen molar-refractivity contribution in [3.8, 4) is 0 Å². The van der Waals surface area contributed by atoms with Crippen LogP contribution in [0.25, 0.3) is 0 Å². The van der Waals surface area contributed by atoms with E-state index in [1.165, 1.54) is 65.1 Å². The summed E-state index contributed by atoms with van der Waals surface area (Å²) in [4.78, 5) is 113. The molecule has 0 spiro atoms. The molecule has 1 heterocycles. The number of nitrogens with one attached hydrogen (secondary N) is 2. The van der Waals surface area contributed by atoms with Crippen LogP contribution in [0.5, 0.6) is 0 Å². The summed E-state index contributed by atoms with van der Waals surface area (Å²) in [7, 11) is 1.13. The van der Waals surface area contributed by atoms with Gasteiger partial charge in [-0.05, 0) is 172 Å². The normalized spacial score (nSPS) is 12.7. The predicted molar refractivity (Wildman–Crippen MR) is 557 cm³/mol. The van der Waals surface area contributed by atoms with Crippen LogP contribution >= 0.6 is 37.9 Å². The number of ether oxygens (including phenoxy) is 3. The molecule has 11 aromatic carbocycles. The maximum Gasteiger partial charge on any atom is 0.521 e. The summed E-state index contributed by atoms with van der Waals surface area (Å²) in [5, 5.41) is 46.7. The third kappa shape index (κ3) is 48.4. The van der Waals surface area contributed by atoms with Crippen molar-refractivity contribution in [1.29, 1.82) is 0 Å². The minimum atomic E-state index is -5.01. The number of aryl methyl sites for hydroxylation is 5. The molecule has 0 radical (unpaired) electrons. The van der Waals surface area contributed by atoms with E-state index in [0.717, 1.165) is 143 Å². The molecule has 0 saturated carbocycles. The SMILES string of the molecule is C.CC(=O)OI1(C)(OC(C)=O)OC(=O)c2ccccc21.CCN(CC)S(F)(F)F.COC(=O)Cc1ccc(CCCC(=O)c2ccccc2)cc1.COC(=O)Cc1ccc(CCCC(F)c2ccccc2)cc1.COC(=O)Cc1ccc(CCCC(O)c2ccccc2)cc1.O=C(Cc1ccc(CCCC(=NO)c2ccccc2)cc1)NO.O=C(Cc1ccc(CCCC(F)c2ccccc2)cc1)NO.O=[P+]([O-])OO.[HH]. The molecule has 35 heteroatoms. The van der Waals surface area contributed by atoms with Crippen LogP contribution in [-0.2, 0) is 130 Å². The number of carbonyl (C=O) groups is 9. The molecule has 4 atom stereocenters. The predicted octanol–water partition coefficient (Wildman–Crippen LogP) is 23.4. The van der Waals surface area contributed by atoms with E-state index >= 15 is 0 Å². The van der Waals surface area contributed by atoms with E-state index in [4.69, 9.17) is 39.5 Å². The molecule has 12 rings (SSSR count). The van der Waals surface area contributed by atoms with Gasteiger partial charge in [-0.1, -0.05) is 299 Å². The second-order valence-electron chi connectivity index (χ2n) is 32.4. The number of methoxy groups -OCH3 is 3. The van der Waals surface area contributed by atoms with E-state index in [2.05, 4.69) is 24.0 Å². The van der Waals surface area contributed by atoms with Crippen molar-refractivity contribution >= 4 is 97.0 Å². The van der Waals surface area contributed by atoms with E-state index in [-0.39, 0.29) is 70.5 Å². The van der Waals surface area contributed by atoms with Gasteiger partial charge in [0.05, 0.1) is 65.2 Å². The second-order valence-corrected chi connectivity index (χ2v) is 42.9. The van der Waals surface area contributed by atoms with Gasteiger partial charge < -0.3 is 29.4 Å². The molecular formula is C110H133F5IN4O23PS. The Morgan fingerprint density at radius 1 is 0.448 bits per heavy atom. The van der Waals surface area contributed by atoms with Crippen LogP contribution in [0.2, 0.25) is 0 Å². The van der Waals surface area contributed by atoms with Crippen LogP contribution in [0.1, 0.15) is 218 Å². The third-order valence-electron chi connectivity index (χ3n) is 21.6. The van der Waals surface area contributed by atoms with Crippen LogP contribution in [0, 0.1) is 3.57 Å². The molecule has 7 N–H and O–H groups in total. The Hall–Kier alpha value is -13.1. The number of hydroxylamine groups is 2. The third-order valence-corrected chi connectivity index (χ3v) is 31.1. The number of hydrogen-bond acceptors (Lipinski definition) is 25. The number of nitrogens with zero attached hydrogens (tertiary/aromatic N) is 2. The Morgan fingerprint density at radius 2 is 0.738 bits per heavy atom. The number of aliphatic hydroxyl groups excluding tert-OH is 1. The average molecular weight is 2160 g/mol. The number of oxime groups is 1. The largest absolute Gasteiger partial charge is 0.565 e. The number of alkyl halides is 3. The number of halogens is 6. The van der Waals surface area contributed by atoms with E-state index in [9.17, 15) is 68.7 Å². The van der Waals surface area contributed by atoms with Gasteiger partial charge in [0.25, 0.3) is 11.4 Å². The zero-order valence-electron chi connectivity index (χ0n) is 81.7. The number of rotatable bonds is 41. The van der Waals surface area contributed by atoms with Gasteiger partial charge in [-0.15, -0.1) is 11.7 Å². The van der Waals surface area contributed by atoms with E-state index in [0.29, 0.717) is 52.1 Å². The molecule has 27 nitrogen and oxygen atoms in total. The van der Waals surface area contributed by atoms with Gasteiger partial charge in [0.1, 0.15) is 12.3 Å². The van der Waals surface area contributed by atoms with Crippen LogP contribution in [0.4, 0.5) is 20.4 Å². The molecule has 4 unspecified atom stereocenters. The van der Waals surface area contributed by atoms with Crippen molar-refractivity contribution < 1.29 is 129 Å². The van der Waals surface area contributed by atoms with Gasteiger partial charge in [-0.2, -0.15) is 4.31 Å². The Balaban J connectivity index is 0.000000437. The molecule has 1 aliphatic rings. The maximum absolute atomic E-state index is 14.0. The minimum absolute atomic E-state index is 0. The van der Waals surface area contributed by atoms with E-state index < -0.39 is 86.1 Å². The van der Waals surface area contributed by atoms with Crippen molar-refractivity contribution in [3.63, 3.8) is 0 Å². The van der Waals surface area contributed by atoms with Crippen LogP contribution < -0.4 is 15.9 Å². The standard InChI is InChI=1S/C19H21FO2.C19H22O3.C19H20O3.C18H20FNO2.C18H20N2O3.C12H13IO6.C4H10F3NS.CH4.HO4P.H2/c3*1-22-19(21)14-16-12-10-15(11-13-16)6-5-9-18(20)17-7-3-2-4-8-17;19-17(16-6-2-1-3-7-16)8-4-5-14-9-11-15(12-10-14)13-18(21)20-22;21-18(20-23)13-15-11-9-14(10-12-15)5-4-8-17(19-22)16-6-2-1-3-7-16;1-8(14)17-13(3,18-9(2)15)11-7-5-4-6-10(11)12(16)19-13;1-3-8(4-2)9(5,6)7;;1-4-5(2)3;/h2-4,7-8,10-13,18H,5-6,9,14H2,1H3;2-4,7-8,10-13,18,20H,5-6,9,14H2,1H3;2-4,7-8,10-13H,5-6,9,14H2,1H3;1-3,6-7,9-12,17,22H,4-5,8,13H2,(H,20,21);1-3,6-7,9-12,22-23H,4-5,8,13H2,(H,20,21);4-7H,1-3H3;3-4H2,1-2H3;1H4;1H;1H. The molecular weight excluding hydrogens is 2030 g/mol. The number of amides is 2. The molecule has 0 saturated heterocycles. The molecule has 0 fully saturated rings. The second kappa shape index (κ2) is 68.2. The topological polar surface area (TPSA) is 399 Å². The Morgan fingerprint density at radius 3 is 1.04 bits per heavy atom. The van der Waals surface area contributed by atoms with Crippen molar-refractivity contribution in [2.24, 2.45) is 5.16 Å². The van der Waals surface area contributed by atoms with Gasteiger partial charge in [0.15, 0.2) is 5.78 Å². The Kier molecular flexibility index (Phi) is 58.4. The van der Waals surface area contributed by atoms with Gasteiger partial charge in [-0.3, -0.25) is 39.2 Å². The Bertz CT molecular complexity index is 5450. The quantitative estimate of drug-likeness (QED) is 0.00152. The summed E-state index contributed by atoms with van der Waals surface area (Å²) < 4.78 is 105. The van der Waals surface area contributed by atoms with E-state index in [1.807, 2.05) is 273 Å². The van der Waals surface area contributed by atoms with Crippen molar-refractivity contribution in [3.05, 3.63) is 390 Å². The average Bonchev–Trinajstić information content (AvgIpc) is 1.55. The fraction of sp³-hybridized carbons (Fsp3) is 0.309.